The Labute approximate surface area is 115 Å². The SMILES string of the molecule is CCC(Cc1ccc(OC)c(C(C)C)c1)C(=O)OC. The van der Waals surface area contributed by atoms with Crippen molar-refractivity contribution in [2.24, 2.45) is 5.92 Å². The van der Waals surface area contributed by atoms with Crippen LogP contribution in [0.1, 0.15) is 44.2 Å². The molecule has 0 saturated carbocycles. The van der Waals surface area contributed by atoms with E-state index >= 15 is 0 Å². The summed E-state index contributed by atoms with van der Waals surface area (Å²) < 4.78 is 10.2. The Hall–Kier alpha value is -1.51. The Morgan fingerprint density at radius 3 is 2.42 bits per heavy atom. The highest BCUT2D eigenvalue weighted by Gasteiger charge is 2.18. The quantitative estimate of drug-likeness (QED) is 0.737. The predicted octanol–water partition coefficient (Wildman–Crippen LogP) is 3.56. The van der Waals surface area contributed by atoms with Crippen LogP contribution in [0.2, 0.25) is 0 Å². The van der Waals surface area contributed by atoms with Gasteiger partial charge in [-0.15, -0.1) is 0 Å². The van der Waals surface area contributed by atoms with Crippen molar-refractivity contribution in [1.82, 2.24) is 0 Å². The molecule has 19 heavy (non-hydrogen) atoms. The molecule has 1 aromatic carbocycles. The molecule has 3 heteroatoms. The molecule has 0 amide bonds. The van der Waals surface area contributed by atoms with Crippen LogP contribution in [-0.2, 0) is 16.0 Å². The average molecular weight is 264 g/mol. The van der Waals surface area contributed by atoms with Gasteiger partial charge in [0.15, 0.2) is 0 Å². The Kier molecular flexibility index (Phi) is 5.87. The molecule has 0 N–H and O–H groups in total. The van der Waals surface area contributed by atoms with Gasteiger partial charge in [-0.25, -0.2) is 0 Å². The highest BCUT2D eigenvalue weighted by molar-refractivity contribution is 5.72. The number of ether oxygens (including phenoxy) is 2. The molecule has 1 atom stereocenters. The van der Waals surface area contributed by atoms with Crippen molar-refractivity contribution >= 4 is 5.97 Å². The predicted molar refractivity (Wildman–Crippen MR) is 76.6 cm³/mol. The summed E-state index contributed by atoms with van der Waals surface area (Å²) in [5.41, 5.74) is 2.33. The minimum atomic E-state index is -0.135. The van der Waals surface area contributed by atoms with Gasteiger partial charge in [-0.3, -0.25) is 4.79 Å². The van der Waals surface area contributed by atoms with Crippen LogP contribution in [0.3, 0.4) is 0 Å². The van der Waals surface area contributed by atoms with E-state index < -0.39 is 0 Å². The second-order valence-corrected chi connectivity index (χ2v) is 5.06. The molecule has 3 nitrogen and oxygen atoms in total. The zero-order valence-corrected chi connectivity index (χ0v) is 12.5. The molecule has 1 rings (SSSR count). The molecule has 1 unspecified atom stereocenters. The van der Waals surface area contributed by atoms with Crippen LogP contribution in [-0.4, -0.2) is 20.2 Å². The topological polar surface area (TPSA) is 35.5 Å². The molecular formula is C16H24O3. The van der Waals surface area contributed by atoms with E-state index in [1.165, 1.54) is 12.7 Å². The van der Waals surface area contributed by atoms with E-state index in [0.717, 1.165) is 17.7 Å². The number of carbonyl (C=O) groups is 1. The van der Waals surface area contributed by atoms with E-state index in [0.29, 0.717) is 12.3 Å². The zero-order valence-electron chi connectivity index (χ0n) is 12.5. The minimum absolute atomic E-state index is 0.0709. The van der Waals surface area contributed by atoms with Gasteiger partial charge >= 0.3 is 5.97 Å². The Balaban J connectivity index is 2.95. The molecule has 0 bridgehead atoms. The first-order chi connectivity index (χ1) is 9.03. The molecule has 0 radical (unpaired) electrons. The third-order valence-corrected chi connectivity index (χ3v) is 3.43. The van der Waals surface area contributed by atoms with Crippen molar-refractivity contribution in [2.75, 3.05) is 14.2 Å². The highest BCUT2D eigenvalue weighted by atomic mass is 16.5. The fraction of sp³-hybridized carbons (Fsp3) is 0.562. The van der Waals surface area contributed by atoms with Crippen LogP contribution in [0.5, 0.6) is 5.75 Å². The molecule has 0 fully saturated rings. The largest absolute Gasteiger partial charge is 0.496 e. The standard InChI is InChI=1S/C16H24O3/c1-6-13(16(17)19-5)9-12-7-8-15(18-4)14(10-12)11(2)3/h7-8,10-11,13H,6,9H2,1-5H3. The smallest absolute Gasteiger partial charge is 0.308 e. The maximum absolute atomic E-state index is 11.6. The first-order valence-corrected chi connectivity index (χ1v) is 6.78. The molecule has 0 saturated heterocycles. The number of esters is 1. The molecule has 106 valence electrons. The van der Waals surface area contributed by atoms with Gasteiger partial charge in [0, 0.05) is 0 Å². The van der Waals surface area contributed by atoms with Crippen molar-refractivity contribution in [3.63, 3.8) is 0 Å². The number of rotatable bonds is 6. The fourth-order valence-corrected chi connectivity index (χ4v) is 2.21. The van der Waals surface area contributed by atoms with Gasteiger partial charge in [0.05, 0.1) is 20.1 Å². The molecule has 0 heterocycles. The second kappa shape index (κ2) is 7.17. The summed E-state index contributed by atoms with van der Waals surface area (Å²) in [6, 6.07) is 6.14. The molecule has 0 aliphatic carbocycles. The van der Waals surface area contributed by atoms with Crippen molar-refractivity contribution in [3.05, 3.63) is 29.3 Å². The van der Waals surface area contributed by atoms with E-state index in [-0.39, 0.29) is 11.9 Å². The Bertz CT molecular complexity index is 424. The number of benzene rings is 1. The third-order valence-electron chi connectivity index (χ3n) is 3.43. The summed E-state index contributed by atoms with van der Waals surface area (Å²) >= 11 is 0. The van der Waals surface area contributed by atoms with Gasteiger partial charge in [0.25, 0.3) is 0 Å². The lowest BCUT2D eigenvalue weighted by Crippen LogP contribution is -2.18. The first-order valence-electron chi connectivity index (χ1n) is 6.78. The summed E-state index contributed by atoms with van der Waals surface area (Å²) in [5, 5.41) is 0. The van der Waals surface area contributed by atoms with Gasteiger partial charge in [-0.2, -0.15) is 0 Å². The summed E-state index contributed by atoms with van der Waals surface area (Å²) in [6.07, 6.45) is 1.50. The van der Waals surface area contributed by atoms with Gasteiger partial charge in [-0.05, 0) is 36.0 Å². The zero-order chi connectivity index (χ0) is 14.4. The summed E-state index contributed by atoms with van der Waals surface area (Å²) in [4.78, 5) is 11.6. The van der Waals surface area contributed by atoms with E-state index in [2.05, 4.69) is 19.9 Å². The Morgan fingerprint density at radius 2 is 1.95 bits per heavy atom. The van der Waals surface area contributed by atoms with Gasteiger partial charge in [-0.1, -0.05) is 32.9 Å². The lowest BCUT2D eigenvalue weighted by Gasteiger charge is -2.16. The van der Waals surface area contributed by atoms with Crippen LogP contribution in [0.4, 0.5) is 0 Å². The summed E-state index contributed by atoms with van der Waals surface area (Å²) in [5.74, 6) is 1.10. The van der Waals surface area contributed by atoms with Crippen LogP contribution in [0.25, 0.3) is 0 Å². The highest BCUT2D eigenvalue weighted by Crippen LogP contribution is 2.28. The number of hydrogen-bond donors (Lipinski definition) is 0. The average Bonchev–Trinajstić information content (AvgIpc) is 2.43. The number of methoxy groups -OCH3 is 2. The van der Waals surface area contributed by atoms with Crippen molar-refractivity contribution in [3.8, 4) is 5.75 Å². The summed E-state index contributed by atoms with van der Waals surface area (Å²) in [6.45, 7) is 6.28. The van der Waals surface area contributed by atoms with Gasteiger partial charge < -0.3 is 9.47 Å². The molecular weight excluding hydrogens is 240 g/mol. The monoisotopic (exact) mass is 264 g/mol. The lowest BCUT2D eigenvalue weighted by molar-refractivity contribution is -0.145. The molecule has 0 spiro atoms. The van der Waals surface area contributed by atoms with E-state index in [1.54, 1.807) is 7.11 Å². The maximum Gasteiger partial charge on any atom is 0.308 e. The summed E-state index contributed by atoms with van der Waals surface area (Å²) in [7, 11) is 3.13. The molecule has 1 aromatic rings. The first kappa shape index (κ1) is 15.5. The maximum atomic E-state index is 11.6. The normalized spacial score (nSPS) is 12.3. The third kappa shape index (κ3) is 3.98. The van der Waals surface area contributed by atoms with E-state index in [4.69, 9.17) is 9.47 Å². The van der Waals surface area contributed by atoms with Crippen molar-refractivity contribution in [2.45, 2.75) is 39.5 Å². The minimum Gasteiger partial charge on any atom is -0.496 e. The molecule has 0 aliphatic rings. The van der Waals surface area contributed by atoms with Crippen molar-refractivity contribution in [1.29, 1.82) is 0 Å². The van der Waals surface area contributed by atoms with Crippen LogP contribution in [0.15, 0.2) is 18.2 Å². The Morgan fingerprint density at radius 1 is 1.26 bits per heavy atom. The number of carbonyl (C=O) groups excluding carboxylic acids is 1. The molecule has 0 aromatic heterocycles. The van der Waals surface area contributed by atoms with Crippen LogP contribution in [0, 0.1) is 5.92 Å². The van der Waals surface area contributed by atoms with Gasteiger partial charge in [0.2, 0.25) is 0 Å². The van der Waals surface area contributed by atoms with Crippen LogP contribution < -0.4 is 4.74 Å². The molecule has 0 aliphatic heterocycles. The van der Waals surface area contributed by atoms with Crippen LogP contribution >= 0.6 is 0 Å². The van der Waals surface area contributed by atoms with Crippen molar-refractivity contribution < 1.29 is 14.3 Å². The second-order valence-electron chi connectivity index (χ2n) is 5.06. The fourth-order valence-electron chi connectivity index (χ4n) is 2.21. The number of hydrogen-bond acceptors (Lipinski definition) is 3. The van der Waals surface area contributed by atoms with E-state index in [9.17, 15) is 4.79 Å². The van der Waals surface area contributed by atoms with E-state index in [1.807, 2.05) is 19.1 Å². The lowest BCUT2D eigenvalue weighted by atomic mass is 9.93. The van der Waals surface area contributed by atoms with Gasteiger partial charge in [0.1, 0.15) is 5.75 Å².